The van der Waals surface area contributed by atoms with E-state index in [0.717, 1.165) is 18.4 Å². The summed E-state index contributed by atoms with van der Waals surface area (Å²) in [6.07, 6.45) is 6.08. The van der Waals surface area contributed by atoms with Crippen LogP contribution in [0.1, 0.15) is 29.7 Å². The Kier molecular flexibility index (Phi) is 2.19. The van der Waals surface area contributed by atoms with Gasteiger partial charge in [0.25, 0.3) is 0 Å². The van der Waals surface area contributed by atoms with Crippen molar-refractivity contribution in [1.82, 2.24) is 0 Å². The van der Waals surface area contributed by atoms with Gasteiger partial charge in [-0.15, -0.1) is 0 Å². The molecule has 1 unspecified atom stereocenters. The molecule has 1 nitrogen and oxygen atoms in total. The maximum absolute atomic E-state index is 9.41. The Hall–Kier alpha value is -1.08. The Morgan fingerprint density at radius 2 is 1.85 bits per heavy atom. The summed E-state index contributed by atoms with van der Waals surface area (Å²) in [6.45, 7) is 1.81. The molecule has 0 saturated carbocycles. The van der Waals surface area contributed by atoms with E-state index in [1.165, 1.54) is 11.1 Å². The summed E-state index contributed by atoms with van der Waals surface area (Å²) in [5, 5.41) is 9.41. The van der Waals surface area contributed by atoms with E-state index in [2.05, 4.69) is 24.3 Å². The summed E-state index contributed by atoms with van der Waals surface area (Å²) in [5.74, 6) is 0. The van der Waals surface area contributed by atoms with E-state index in [0.29, 0.717) is 0 Å². The van der Waals surface area contributed by atoms with Crippen molar-refractivity contribution in [1.29, 1.82) is 0 Å². The summed E-state index contributed by atoms with van der Waals surface area (Å²) in [7, 11) is 0. The molecular formula is C12H14O. The zero-order chi connectivity index (χ0) is 9.26. The standard InChI is InChI=1S/C12H14O/c1-9(13)11-7-6-10-4-2-3-5-12(10)8-11/h2-3,6-9,13H,4-5H2,1H3. The third kappa shape index (κ3) is 1.65. The first-order chi connectivity index (χ1) is 6.27. The fraction of sp³-hybridized carbons (Fsp3) is 0.333. The fourth-order valence-electron chi connectivity index (χ4n) is 1.72. The molecule has 0 spiro atoms. The Morgan fingerprint density at radius 1 is 1.15 bits per heavy atom. The molecule has 1 N–H and O–H groups in total. The van der Waals surface area contributed by atoms with Crippen LogP contribution >= 0.6 is 0 Å². The summed E-state index contributed by atoms with van der Waals surface area (Å²) in [4.78, 5) is 0. The van der Waals surface area contributed by atoms with Crippen molar-refractivity contribution in [2.75, 3.05) is 0 Å². The molecule has 1 atom stereocenters. The minimum absolute atomic E-state index is 0.351. The van der Waals surface area contributed by atoms with Crippen LogP contribution in [0.15, 0.2) is 30.4 Å². The highest BCUT2D eigenvalue weighted by Gasteiger charge is 2.07. The van der Waals surface area contributed by atoms with E-state index < -0.39 is 0 Å². The molecule has 0 bridgehead atoms. The van der Waals surface area contributed by atoms with Crippen LogP contribution in [0.4, 0.5) is 0 Å². The van der Waals surface area contributed by atoms with Gasteiger partial charge in [-0.25, -0.2) is 0 Å². The van der Waals surface area contributed by atoms with Gasteiger partial charge in [0.05, 0.1) is 6.10 Å². The van der Waals surface area contributed by atoms with Crippen LogP contribution in [-0.4, -0.2) is 5.11 Å². The third-order valence-electron chi connectivity index (χ3n) is 2.55. The molecule has 0 fully saturated rings. The van der Waals surface area contributed by atoms with Crippen LogP contribution in [0, 0.1) is 0 Å². The van der Waals surface area contributed by atoms with Gasteiger partial charge in [-0.2, -0.15) is 0 Å². The van der Waals surface area contributed by atoms with Crippen molar-refractivity contribution in [3.63, 3.8) is 0 Å². The SMILES string of the molecule is CC(O)c1ccc2c(c1)CC=CC2. The second-order valence-corrected chi connectivity index (χ2v) is 3.58. The average Bonchev–Trinajstić information content (AvgIpc) is 2.17. The number of allylic oxidation sites excluding steroid dienone is 2. The Labute approximate surface area is 78.7 Å². The lowest BCUT2D eigenvalue weighted by atomic mass is 9.94. The largest absolute Gasteiger partial charge is 0.389 e. The van der Waals surface area contributed by atoms with Gasteiger partial charge in [0.1, 0.15) is 0 Å². The lowest BCUT2D eigenvalue weighted by molar-refractivity contribution is 0.199. The minimum Gasteiger partial charge on any atom is -0.389 e. The molecule has 0 aliphatic heterocycles. The van der Waals surface area contributed by atoms with Gasteiger partial charge in [-0.1, -0.05) is 30.4 Å². The molecule has 0 heterocycles. The molecule has 2 rings (SSSR count). The van der Waals surface area contributed by atoms with Crippen LogP contribution in [0.5, 0.6) is 0 Å². The van der Waals surface area contributed by atoms with Crippen molar-refractivity contribution in [3.8, 4) is 0 Å². The van der Waals surface area contributed by atoms with Gasteiger partial charge in [0, 0.05) is 0 Å². The van der Waals surface area contributed by atoms with Gasteiger partial charge in [-0.3, -0.25) is 0 Å². The monoisotopic (exact) mass is 174 g/mol. The maximum atomic E-state index is 9.41. The van der Waals surface area contributed by atoms with Gasteiger partial charge in [0.15, 0.2) is 0 Å². The third-order valence-corrected chi connectivity index (χ3v) is 2.55. The van der Waals surface area contributed by atoms with Crippen molar-refractivity contribution in [3.05, 3.63) is 47.0 Å². The first-order valence-electron chi connectivity index (χ1n) is 4.72. The predicted molar refractivity (Wildman–Crippen MR) is 53.6 cm³/mol. The second kappa shape index (κ2) is 3.35. The normalized spacial score (nSPS) is 16.8. The van der Waals surface area contributed by atoms with E-state index in [9.17, 15) is 5.11 Å². The quantitative estimate of drug-likeness (QED) is 0.648. The van der Waals surface area contributed by atoms with E-state index >= 15 is 0 Å². The zero-order valence-electron chi connectivity index (χ0n) is 7.83. The number of hydrogen-bond donors (Lipinski definition) is 1. The molecule has 68 valence electrons. The molecule has 13 heavy (non-hydrogen) atoms. The van der Waals surface area contributed by atoms with Crippen molar-refractivity contribution in [2.24, 2.45) is 0 Å². The first kappa shape index (κ1) is 8.52. The summed E-state index contributed by atoms with van der Waals surface area (Å²) < 4.78 is 0. The van der Waals surface area contributed by atoms with E-state index in [1.54, 1.807) is 6.92 Å². The molecule has 1 aliphatic carbocycles. The highest BCUT2D eigenvalue weighted by molar-refractivity contribution is 5.37. The Bertz CT molecular complexity index is 337. The number of rotatable bonds is 1. The number of aliphatic hydroxyl groups is 1. The van der Waals surface area contributed by atoms with Gasteiger partial charge >= 0.3 is 0 Å². The molecule has 0 aromatic heterocycles. The van der Waals surface area contributed by atoms with Crippen molar-refractivity contribution >= 4 is 0 Å². The van der Waals surface area contributed by atoms with Gasteiger partial charge in [-0.05, 0) is 36.5 Å². The van der Waals surface area contributed by atoms with Crippen LogP contribution in [0.2, 0.25) is 0 Å². The smallest absolute Gasteiger partial charge is 0.0762 e. The summed E-state index contributed by atoms with van der Waals surface area (Å²) in [5.41, 5.74) is 3.78. The molecule has 1 aromatic rings. The molecule has 1 aliphatic rings. The number of aliphatic hydroxyl groups excluding tert-OH is 1. The molecule has 0 radical (unpaired) electrons. The van der Waals surface area contributed by atoms with E-state index in [4.69, 9.17) is 0 Å². The lowest BCUT2D eigenvalue weighted by Crippen LogP contribution is -2.00. The summed E-state index contributed by atoms with van der Waals surface area (Å²) in [6, 6.07) is 6.26. The first-order valence-corrected chi connectivity index (χ1v) is 4.72. The van der Waals surface area contributed by atoms with Crippen LogP contribution in [-0.2, 0) is 12.8 Å². The molecule has 1 heteroatoms. The Balaban J connectivity index is 2.38. The number of benzene rings is 1. The molecule has 0 saturated heterocycles. The minimum atomic E-state index is -0.351. The highest BCUT2D eigenvalue weighted by Crippen LogP contribution is 2.21. The highest BCUT2D eigenvalue weighted by atomic mass is 16.3. The van der Waals surface area contributed by atoms with Gasteiger partial charge < -0.3 is 5.11 Å². The lowest BCUT2D eigenvalue weighted by Gasteiger charge is -2.13. The average molecular weight is 174 g/mol. The number of hydrogen-bond acceptors (Lipinski definition) is 1. The van der Waals surface area contributed by atoms with Crippen LogP contribution < -0.4 is 0 Å². The van der Waals surface area contributed by atoms with Crippen LogP contribution in [0.25, 0.3) is 0 Å². The fourth-order valence-corrected chi connectivity index (χ4v) is 1.72. The molecule has 1 aromatic carbocycles. The maximum Gasteiger partial charge on any atom is 0.0762 e. The van der Waals surface area contributed by atoms with Crippen LogP contribution in [0.3, 0.4) is 0 Å². The van der Waals surface area contributed by atoms with E-state index in [1.807, 2.05) is 6.07 Å². The van der Waals surface area contributed by atoms with Crippen molar-refractivity contribution in [2.45, 2.75) is 25.9 Å². The second-order valence-electron chi connectivity index (χ2n) is 3.58. The predicted octanol–water partition coefficient (Wildman–Crippen LogP) is 2.39. The van der Waals surface area contributed by atoms with E-state index in [-0.39, 0.29) is 6.10 Å². The number of fused-ring (bicyclic) bond motifs is 1. The van der Waals surface area contributed by atoms with Gasteiger partial charge in [0.2, 0.25) is 0 Å². The zero-order valence-corrected chi connectivity index (χ0v) is 7.83. The molecular weight excluding hydrogens is 160 g/mol. The Morgan fingerprint density at radius 3 is 2.54 bits per heavy atom. The summed E-state index contributed by atoms with van der Waals surface area (Å²) >= 11 is 0. The topological polar surface area (TPSA) is 20.2 Å². The van der Waals surface area contributed by atoms with Crippen molar-refractivity contribution < 1.29 is 5.11 Å². The molecule has 0 amide bonds.